The van der Waals surface area contributed by atoms with E-state index in [1.54, 1.807) is 10.5 Å². The second-order valence-electron chi connectivity index (χ2n) is 5.56. The lowest BCUT2D eigenvalue weighted by Crippen LogP contribution is -2.34. The fraction of sp³-hybridized carbons (Fsp3) is 0.625. The summed E-state index contributed by atoms with van der Waals surface area (Å²) < 4.78 is 3.70. The van der Waals surface area contributed by atoms with Crippen molar-refractivity contribution < 1.29 is 0 Å². The van der Waals surface area contributed by atoms with Gasteiger partial charge in [-0.25, -0.2) is 0 Å². The Labute approximate surface area is 121 Å². The highest BCUT2D eigenvalue weighted by Crippen LogP contribution is 2.22. The monoisotopic (exact) mass is 279 g/mol. The van der Waals surface area contributed by atoms with Crippen molar-refractivity contribution >= 4 is 11.1 Å². The number of nitrogens with one attached hydrogen (secondary N) is 1. The van der Waals surface area contributed by atoms with Crippen LogP contribution in [-0.4, -0.2) is 37.8 Å². The van der Waals surface area contributed by atoms with Gasteiger partial charge >= 0.3 is 0 Å². The van der Waals surface area contributed by atoms with Crippen LogP contribution in [0, 0.1) is 0 Å². The zero-order chi connectivity index (χ0) is 13.5. The quantitative estimate of drug-likeness (QED) is 0.610. The summed E-state index contributed by atoms with van der Waals surface area (Å²) in [4.78, 5) is 3.85. The molecule has 0 radical (unpaired) electrons. The zero-order valence-electron chi connectivity index (χ0n) is 12.3. The van der Waals surface area contributed by atoms with Gasteiger partial charge in [0.1, 0.15) is 16.8 Å². The molecule has 2 nitrogen and oxygen atoms in total. The van der Waals surface area contributed by atoms with Crippen LogP contribution in [0.15, 0.2) is 29.2 Å². The van der Waals surface area contributed by atoms with Gasteiger partial charge in [0.25, 0.3) is 0 Å². The molecular formula is C16H27N2S+. The van der Waals surface area contributed by atoms with Crippen molar-refractivity contribution in [2.75, 3.05) is 32.9 Å². The van der Waals surface area contributed by atoms with E-state index in [0.717, 1.165) is 6.54 Å². The van der Waals surface area contributed by atoms with E-state index in [1.165, 1.54) is 44.4 Å². The van der Waals surface area contributed by atoms with Gasteiger partial charge in [-0.05, 0) is 52.4 Å². The van der Waals surface area contributed by atoms with Crippen LogP contribution in [-0.2, 0) is 17.5 Å². The predicted octanol–water partition coefficient (Wildman–Crippen LogP) is 2.85. The van der Waals surface area contributed by atoms with Crippen molar-refractivity contribution in [1.29, 1.82) is 0 Å². The van der Waals surface area contributed by atoms with Gasteiger partial charge in [-0.2, -0.15) is 0 Å². The van der Waals surface area contributed by atoms with Gasteiger partial charge in [-0.15, -0.1) is 4.72 Å². The fourth-order valence-electron chi connectivity index (χ4n) is 2.55. The Morgan fingerprint density at radius 2 is 1.89 bits per heavy atom. The first-order chi connectivity index (χ1) is 9.27. The second kappa shape index (κ2) is 7.93. The molecular weight excluding hydrogens is 252 g/mol. The molecule has 3 heteroatoms. The molecule has 0 spiro atoms. The molecule has 1 aliphatic heterocycles. The summed E-state index contributed by atoms with van der Waals surface area (Å²) in [6, 6.07) is 8.97. The SMILES string of the molecule is CN(C)CCCCCC[S+]1NCCc2ccccc21. The molecule has 0 saturated carbocycles. The van der Waals surface area contributed by atoms with Crippen LogP contribution in [0.4, 0.5) is 0 Å². The summed E-state index contributed by atoms with van der Waals surface area (Å²) in [5, 5.41) is 0. The summed E-state index contributed by atoms with van der Waals surface area (Å²) in [5.41, 5.74) is 1.57. The summed E-state index contributed by atoms with van der Waals surface area (Å²) in [5.74, 6) is 1.32. The Morgan fingerprint density at radius 3 is 2.74 bits per heavy atom. The molecule has 1 atom stereocenters. The van der Waals surface area contributed by atoms with E-state index in [2.05, 4.69) is 48.0 Å². The van der Waals surface area contributed by atoms with Crippen molar-refractivity contribution in [2.45, 2.75) is 37.0 Å². The molecule has 0 fully saturated rings. The van der Waals surface area contributed by atoms with E-state index in [1.807, 2.05) is 0 Å². The highest BCUT2D eigenvalue weighted by Gasteiger charge is 2.28. The maximum absolute atomic E-state index is 3.70. The van der Waals surface area contributed by atoms with Gasteiger partial charge in [0.05, 0.1) is 0 Å². The van der Waals surface area contributed by atoms with Crippen molar-refractivity contribution in [3.63, 3.8) is 0 Å². The number of unbranched alkanes of at least 4 members (excludes halogenated alkanes) is 3. The lowest BCUT2D eigenvalue weighted by molar-refractivity contribution is 0.391. The van der Waals surface area contributed by atoms with E-state index in [0.29, 0.717) is 11.1 Å². The molecule has 1 aromatic carbocycles. The average molecular weight is 279 g/mol. The number of hydrogen-bond acceptors (Lipinski definition) is 2. The summed E-state index contributed by atoms with van der Waals surface area (Å²) >= 11 is 0.306. The molecule has 1 aromatic rings. The molecule has 19 heavy (non-hydrogen) atoms. The van der Waals surface area contributed by atoms with Crippen molar-refractivity contribution in [1.82, 2.24) is 9.62 Å². The van der Waals surface area contributed by atoms with Gasteiger partial charge in [0.2, 0.25) is 0 Å². The predicted molar refractivity (Wildman–Crippen MR) is 85.7 cm³/mol. The first-order valence-electron chi connectivity index (χ1n) is 7.44. The zero-order valence-corrected chi connectivity index (χ0v) is 13.1. The first kappa shape index (κ1) is 14.9. The molecule has 1 heterocycles. The molecule has 0 aliphatic carbocycles. The normalized spacial score (nSPS) is 18.6. The number of hydrogen-bond donors (Lipinski definition) is 1. The second-order valence-corrected chi connectivity index (χ2v) is 7.48. The molecule has 1 N–H and O–H groups in total. The van der Waals surface area contributed by atoms with Gasteiger partial charge in [-0.3, -0.25) is 0 Å². The third-order valence-corrected chi connectivity index (χ3v) is 5.79. The van der Waals surface area contributed by atoms with Crippen LogP contribution in [0.25, 0.3) is 0 Å². The van der Waals surface area contributed by atoms with Crippen molar-refractivity contribution in [3.05, 3.63) is 29.8 Å². The summed E-state index contributed by atoms with van der Waals surface area (Å²) in [7, 11) is 4.31. The molecule has 2 rings (SSSR count). The van der Waals surface area contributed by atoms with E-state index >= 15 is 0 Å². The maximum atomic E-state index is 3.70. The van der Waals surface area contributed by atoms with Crippen molar-refractivity contribution in [3.8, 4) is 0 Å². The number of rotatable bonds is 7. The summed E-state index contributed by atoms with van der Waals surface area (Å²) in [6.07, 6.45) is 6.64. The van der Waals surface area contributed by atoms with Gasteiger partial charge < -0.3 is 4.90 Å². The Morgan fingerprint density at radius 1 is 1.11 bits per heavy atom. The molecule has 0 saturated heterocycles. The minimum Gasteiger partial charge on any atom is -0.309 e. The number of nitrogens with zero attached hydrogens (tertiary/aromatic N) is 1. The highest BCUT2D eigenvalue weighted by atomic mass is 32.2. The van der Waals surface area contributed by atoms with E-state index in [4.69, 9.17) is 0 Å². The van der Waals surface area contributed by atoms with Crippen LogP contribution in [0.5, 0.6) is 0 Å². The lowest BCUT2D eigenvalue weighted by Gasteiger charge is -2.17. The van der Waals surface area contributed by atoms with E-state index in [-0.39, 0.29) is 0 Å². The number of benzene rings is 1. The largest absolute Gasteiger partial charge is 0.309 e. The third kappa shape index (κ3) is 4.83. The van der Waals surface area contributed by atoms with Gasteiger partial charge in [0.15, 0.2) is 4.90 Å². The molecule has 106 valence electrons. The Bertz CT molecular complexity index is 379. The van der Waals surface area contributed by atoms with Crippen molar-refractivity contribution in [2.24, 2.45) is 0 Å². The standard InChI is InChI=1S/C16H27N2S/c1-18(2)13-7-3-4-8-14-19-16-10-6-5-9-15(16)11-12-17-19/h5-6,9-10,17H,3-4,7-8,11-14H2,1-2H3/q+1. The fourth-order valence-corrected chi connectivity index (χ4v) is 4.64. The molecule has 0 aromatic heterocycles. The van der Waals surface area contributed by atoms with Crippen LogP contribution in [0.1, 0.15) is 31.2 Å². The van der Waals surface area contributed by atoms with Crippen LogP contribution in [0.2, 0.25) is 0 Å². The lowest BCUT2D eigenvalue weighted by atomic mass is 10.1. The third-order valence-electron chi connectivity index (χ3n) is 3.61. The van der Waals surface area contributed by atoms with Crippen LogP contribution < -0.4 is 4.72 Å². The molecule has 1 unspecified atom stereocenters. The molecule has 0 bridgehead atoms. The Hall–Kier alpha value is -0.510. The Balaban J connectivity index is 1.70. The minimum absolute atomic E-state index is 0.306. The summed E-state index contributed by atoms with van der Waals surface area (Å²) in [6.45, 7) is 2.38. The smallest absolute Gasteiger partial charge is 0.178 e. The van der Waals surface area contributed by atoms with E-state index < -0.39 is 0 Å². The topological polar surface area (TPSA) is 15.3 Å². The van der Waals surface area contributed by atoms with Crippen LogP contribution in [0.3, 0.4) is 0 Å². The van der Waals surface area contributed by atoms with Crippen LogP contribution >= 0.6 is 0 Å². The minimum atomic E-state index is 0.306. The Kier molecular flexibility index (Phi) is 6.21. The molecule has 1 aliphatic rings. The van der Waals surface area contributed by atoms with Gasteiger partial charge in [-0.1, -0.05) is 24.6 Å². The maximum Gasteiger partial charge on any atom is 0.178 e. The average Bonchev–Trinajstić information content (AvgIpc) is 2.42. The molecule has 0 amide bonds. The van der Waals surface area contributed by atoms with Gasteiger partial charge in [0, 0.05) is 12.1 Å². The first-order valence-corrected chi connectivity index (χ1v) is 8.84. The number of fused-ring (bicyclic) bond motifs is 1. The van der Waals surface area contributed by atoms with E-state index in [9.17, 15) is 0 Å². The highest BCUT2D eigenvalue weighted by molar-refractivity contribution is 7.95.